The van der Waals surface area contributed by atoms with E-state index in [1.807, 2.05) is 0 Å². The van der Waals surface area contributed by atoms with E-state index in [0.29, 0.717) is 5.41 Å². The summed E-state index contributed by atoms with van der Waals surface area (Å²) in [5.41, 5.74) is 1.99. The van der Waals surface area contributed by atoms with Crippen LogP contribution in [0.4, 0.5) is 0 Å². The molecule has 0 atom stereocenters. The summed E-state index contributed by atoms with van der Waals surface area (Å²) in [6.07, 6.45) is 8.69. The number of hydrogen-bond acceptors (Lipinski definition) is 2. The molecular weight excluding hydrogens is 276 g/mol. The topological polar surface area (TPSA) is 18.5 Å². The van der Waals surface area contributed by atoms with E-state index in [1.165, 1.54) is 43.7 Å². The Bertz CT molecular complexity index is 488. The van der Waals surface area contributed by atoms with Crippen LogP contribution in [-0.2, 0) is 14.3 Å². The quantitative estimate of drug-likeness (QED) is 0.796. The zero-order valence-corrected chi connectivity index (χ0v) is 14.1. The molecule has 4 fully saturated rings. The second-order valence-electron chi connectivity index (χ2n) is 7.44. The maximum absolute atomic E-state index is 5.67. The van der Waals surface area contributed by atoms with E-state index in [-0.39, 0.29) is 0 Å². The summed E-state index contributed by atoms with van der Waals surface area (Å²) in [5, 5.41) is 1.36. The zero-order valence-electron chi connectivity index (χ0n) is 13.1. The minimum Gasteiger partial charge on any atom is -0.393 e. The number of benzene rings is 1. The van der Waals surface area contributed by atoms with Gasteiger partial charge in [0.15, 0.2) is 0 Å². The predicted octanol–water partition coefficient (Wildman–Crippen LogP) is 3.14. The van der Waals surface area contributed by atoms with Crippen molar-refractivity contribution in [2.24, 2.45) is 17.8 Å². The van der Waals surface area contributed by atoms with Gasteiger partial charge in [0.25, 0.3) is 0 Å². The lowest BCUT2D eigenvalue weighted by Gasteiger charge is -2.57. The third kappa shape index (κ3) is 2.21. The largest absolute Gasteiger partial charge is 0.423 e. The molecule has 21 heavy (non-hydrogen) atoms. The van der Waals surface area contributed by atoms with Crippen molar-refractivity contribution >= 4 is 14.5 Å². The average molecular weight is 301 g/mol. The van der Waals surface area contributed by atoms with Gasteiger partial charge in [-0.15, -0.1) is 0 Å². The summed E-state index contributed by atoms with van der Waals surface area (Å²) in [7, 11) is 2.25. The molecular formula is C18H25O2Si. The Labute approximate surface area is 129 Å². The monoisotopic (exact) mass is 301 g/mol. The Morgan fingerprint density at radius 3 is 1.95 bits per heavy atom. The third-order valence-corrected chi connectivity index (χ3v) is 7.74. The van der Waals surface area contributed by atoms with Crippen molar-refractivity contribution in [2.75, 3.05) is 14.2 Å². The van der Waals surface area contributed by atoms with Crippen molar-refractivity contribution in [3.8, 4) is 0 Å². The van der Waals surface area contributed by atoms with Crippen LogP contribution >= 0.6 is 0 Å². The van der Waals surface area contributed by atoms with Crippen molar-refractivity contribution in [3.63, 3.8) is 0 Å². The van der Waals surface area contributed by atoms with E-state index >= 15 is 0 Å². The molecule has 1 radical (unpaired) electrons. The van der Waals surface area contributed by atoms with E-state index in [4.69, 9.17) is 8.85 Å². The SMILES string of the molecule is CO[Si](OC)c1ccccc1C12CC3CC(CC(C3)C1)C2. The summed E-state index contributed by atoms with van der Waals surface area (Å²) in [6, 6.07) is 8.96. The van der Waals surface area contributed by atoms with Crippen LogP contribution in [-0.4, -0.2) is 23.5 Å². The molecule has 4 bridgehead atoms. The highest BCUT2D eigenvalue weighted by Crippen LogP contribution is 2.60. The number of rotatable bonds is 4. The minimum atomic E-state index is -1.32. The van der Waals surface area contributed by atoms with Gasteiger partial charge in [-0.25, -0.2) is 0 Å². The van der Waals surface area contributed by atoms with E-state index < -0.39 is 9.28 Å². The van der Waals surface area contributed by atoms with Gasteiger partial charge < -0.3 is 8.85 Å². The number of hydrogen-bond donors (Lipinski definition) is 0. The molecule has 4 aliphatic carbocycles. The molecule has 3 heteroatoms. The van der Waals surface area contributed by atoms with E-state index in [9.17, 15) is 0 Å². The highest BCUT2D eigenvalue weighted by molar-refractivity contribution is 6.61. The molecule has 0 aromatic heterocycles. The van der Waals surface area contributed by atoms with Crippen LogP contribution < -0.4 is 5.19 Å². The van der Waals surface area contributed by atoms with Crippen LogP contribution in [0.1, 0.15) is 44.1 Å². The Morgan fingerprint density at radius 1 is 0.905 bits per heavy atom. The second kappa shape index (κ2) is 5.22. The molecule has 5 rings (SSSR count). The van der Waals surface area contributed by atoms with E-state index in [2.05, 4.69) is 24.3 Å². The molecule has 113 valence electrons. The van der Waals surface area contributed by atoms with Crippen molar-refractivity contribution in [1.82, 2.24) is 0 Å². The Morgan fingerprint density at radius 2 is 1.43 bits per heavy atom. The molecule has 4 aliphatic rings. The summed E-state index contributed by atoms with van der Waals surface area (Å²) >= 11 is 0. The first-order valence-electron chi connectivity index (χ1n) is 8.29. The molecule has 0 spiro atoms. The molecule has 2 nitrogen and oxygen atoms in total. The van der Waals surface area contributed by atoms with Gasteiger partial charge >= 0.3 is 9.28 Å². The molecule has 1 aromatic carbocycles. The van der Waals surface area contributed by atoms with Gasteiger partial charge in [-0.3, -0.25) is 0 Å². The molecule has 4 saturated carbocycles. The van der Waals surface area contributed by atoms with Crippen LogP contribution in [0.25, 0.3) is 0 Å². The second-order valence-corrected chi connectivity index (χ2v) is 9.37. The molecule has 0 heterocycles. The standard InChI is InChI=1S/C18H25O2Si/c1-19-21(20-2)17-6-4-3-5-16(17)18-10-13-7-14(11-18)9-15(8-13)12-18/h3-6,13-15H,7-12H2,1-2H3. The van der Waals surface area contributed by atoms with E-state index in [0.717, 1.165) is 17.8 Å². The maximum atomic E-state index is 5.67. The normalized spacial score (nSPS) is 37.4. The highest BCUT2D eigenvalue weighted by atomic mass is 28.3. The Hall–Kier alpha value is -0.643. The lowest BCUT2D eigenvalue weighted by atomic mass is 9.48. The molecule has 0 N–H and O–H groups in total. The van der Waals surface area contributed by atoms with Gasteiger partial charge in [0, 0.05) is 14.2 Å². The van der Waals surface area contributed by atoms with Crippen LogP contribution in [0.2, 0.25) is 0 Å². The van der Waals surface area contributed by atoms with Crippen molar-refractivity contribution in [1.29, 1.82) is 0 Å². The maximum Gasteiger partial charge on any atom is 0.423 e. The van der Waals surface area contributed by atoms with Crippen LogP contribution in [0.15, 0.2) is 24.3 Å². The molecule has 0 saturated heterocycles. The van der Waals surface area contributed by atoms with Crippen LogP contribution in [0.5, 0.6) is 0 Å². The van der Waals surface area contributed by atoms with Gasteiger partial charge in [-0.2, -0.15) is 0 Å². The highest BCUT2D eigenvalue weighted by Gasteiger charge is 2.52. The lowest BCUT2D eigenvalue weighted by Crippen LogP contribution is -2.52. The Balaban J connectivity index is 1.76. The summed E-state index contributed by atoms with van der Waals surface area (Å²) in [5.74, 6) is 2.93. The van der Waals surface area contributed by atoms with Gasteiger partial charge in [0.2, 0.25) is 0 Å². The third-order valence-electron chi connectivity index (χ3n) is 6.13. The fraction of sp³-hybridized carbons (Fsp3) is 0.667. The fourth-order valence-corrected chi connectivity index (χ4v) is 7.27. The first kappa shape index (κ1) is 14.0. The van der Waals surface area contributed by atoms with E-state index in [1.54, 1.807) is 19.8 Å². The summed E-state index contributed by atoms with van der Waals surface area (Å²) < 4.78 is 11.3. The summed E-state index contributed by atoms with van der Waals surface area (Å²) in [6.45, 7) is 0. The van der Waals surface area contributed by atoms with Crippen LogP contribution in [0.3, 0.4) is 0 Å². The fourth-order valence-electron chi connectivity index (χ4n) is 5.87. The average Bonchev–Trinajstić information content (AvgIpc) is 2.47. The van der Waals surface area contributed by atoms with Crippen molar-refractivity contribution in [2.45, 2.75) is 43.9 Å². The smallest absolute Gasteiger partial charge is 0.393 e. The zero-order chi connectivity index (χ0) is 14.4. The van der Waals surface area contributed by atoms with Gasteiger partial charge in [0.05, 0.1) is 0 Å². The molecule has 1 aromatic rings. The molecule has 0 unspecified atom stereocenters. The molecule has 0 amide bonds. The first-order chi connectivity index (χ1) is 10.2. The van der Waals surface area contributed by atoms with Crippen molar-refractivity contribution < 1.29 is 8.85 Å². The van der Waals surface area contributed by atoms with Gasteiger partial charge in [0.1, 0.15) is 0 Å². The van der Waals surface area contributed by atoms with Crippen LogP contribution in [0, 0.1) is 17.8 Å². The van der Waals surface area contributed by atoms with Crippen molar-refractivity contribution in [3.05, 3.63) is 29.8 Å². The van der Waals surface area contributed by atoms with Gasteiger partial charge in [-0.05, 0) is 72.4 Å². The predicted molar refractivity (Wildman–Crippen MR) is 85.7 cm³/mol. The molecule has 0 aliphatic heterocycles. The minimum absolute atomic E-state index is 0.429. The summed E-state index contributed by atoms with van der Waals surface area (Å²) in [4.78, 5) is 0. The Kier molecular flexibility index (Phi) is 3.47. The lowest BCUT2D eigenvalue weighted by molar-refractivity contribution is -0.00485. The van der Waals surface area contributed by atoms with Gasteiger partial charge in [-0.1, -0.05) is 24.3 Å². The first-order valence-corrected chi connectivity index (χ1v) is 9.60.